The van der Waals surface area contributed by atoms with Crippen molar-refractivity contribution in [2.45, 2.75) is 23.8 Å². The van der Waals surface area contributed by atoms with E-state index in [4.69, 9.17) is 5.73 Å². The quantitative estimate of drug-likeness (QED) is 0.708. The smallest absolute Gasteiger partial charge is 0.252 e. The third-order valence-electron chi connectivity index (χ3n) is 3.13. The Hall–Kier alpha value is -1.24. The fraction of sp³-hybridized carbons (Fsp3) is 0.429. The minimum atomic E-state index is -0.387. The van der Waals surface area contributed by atoms with Crippen molar-refractivity contribution in [2.75, 3.05) is 18.8 Å². The molecule has 0 aromatic heterocycles. The van der Waals surface area contributed by atoms with E-state index in [1.165, 1.54) is 11.8 Å². The number of primary amides is 1. The summed E-state index contributed by atoms with van der Waals surface area (Å²) in [7, 11) is 0. The van der Waals surface area contributed by atoms with Crippen molar-refractivity contribution < 1.29 is 9.59 Å². The van der Waals surface area contributed by atoms with Crippen molar-refractivity contribution in [3.63, 3.8) is 0 Å². The van der Waals surface area contributed by atoms with Crippen molar-refractivity contribution >= 4 is 36.0 Å². The van der Waals surface area contributed by atoms with Gasteiger partial charge < -0.3 is 16.4 Å². The molecule has 2 rings (SSSR count). The Morgan fingerprint density at radius 1 is 1.38 bits per heavy atom. The highest BCUT2D eigenvalue weighted by molar-refractivity contribution is 8.00. The van der Waals surface area contributed by atoms with E-state index >= 15 is 0 Å². The maximum absolute atomic E-state index is 12.3. The van der Waals surface area contributed by atoms with Crippen molar-refractivity contribution in [2.24, 2.45) is 5.73 Å². The summed E-state index contributed by atoms with van der Waals surface area (Å²) in [6.07, 6.45) is 2.07. The first-order valence-electron chi connectivity index (χ1n) is 6.68. The number of thioether (sulfide) groups is 1. The summed E-state index contributed by atoms with van der Waals surface area (Å²) in [6, 6.07) is 7.45. The molecule has 1 aliphatic heterocycles. The van der Waals surface area contributed by atoms with Gasteiger partial charge >= 0.3 is 0 Å². The van der Waals surface area contributed by atoms with E-state index in [1.807, 2.05) is 18.2 Å². The summed E-state index contributed by atoms with van der Waals surface area (Å²) >= 11 is 1.29. The fourth-order valence-electron chi connectivity index (χ4n) is 2.17. The first kappa shape index (κ1) is 17.8. The van der Waals surface area contributed by atoms with E-state index in [0.29, 0.717) is 5.56 Å². The van der Waals surface area contributed by atoms with Crippen LogP contribution < -0.4 is 16.4 Å². The lowest BCUT2D eigenvalue weighted by molar-refractivity contribution is -0.115. The van der Waals surface area contributed by atoms with Crippen LogP contribution in [0, 0.1) is 0 Å². The Balaban J connectivity index is 0.00000220. The van der Waals surface area contributed by atoms with Gasteiger partial charge in [-0.25, -0.2) is 0 Å². The molecule has 7 heteroatoms. The van der Waals surface area contributed by atoms with Crippen LogP contribution in [0.2, 0.25) is 0 Å². The summed E-state index contributed by atoms with van der Waals surface area (Å²) in [6.45, 7) is 1.82. The van der Waals surface area contributed by atoms with Crippen LogP contribution >= 0.6 is 24.2 Å². The van der Waals surface area contributed by atoms with Gasteiger partial charge in [0.25, 0.3) is 5.91 Å². The molecule has 21 heavy (non-hydrogen) atoms. The minimum absolute atomic E-state index is 0. The number of nitrogens with one attached hydrogen (secondary N) is 2. The number of hydrogen-bond acceptors (Lipinski definition) is 4. The number of hydrogen-bond donors (Lipinski definition) is 3. The standard InChI is InChI=1S/C14H19N3O2S.ClH/c15-13(18)9-20-12-6-2-1-5-11(12)14(19)17-10-4-3-7-16-8-10;/h1-2,5-6,10,16H,3-4,7-9H2,(H2,15,18)(H,17,19);1H. The van der Waals surface area contributed by atoms with Crippen LogP contribution in [0.15, 0.2) is 29.2 Å². The van der Waals surface area contributed by atoms with Gasteiger partial charge in [0.05, 0.1) is 11.3 Å². The Labute approximate surface area is 134 Å². The number of halogens is 1. The zero-order valence-corrected chi connectivity index (χ0v) is 13.3. The van der Waals surface area contributed by atoms with Gasteiger partial charge in [0, 0.05) is 17.5 Å². The van der Waals surface area contributed by atoms with E-state index in [1.54, 1.807) is 6.07 Å². The maximum atomic E-state index is 12.3. The second-order valence-electron chi connectivity index (χ2n) is 4.77. The normalized spacial score (nSPS) is 17.6. The zero-order valence-electron chi connectivity index (χ0n) is 11.6. The molecule has 0 radical (unpaired) electrons. The van der Waals surface area contributed by atoms with E-state index in [0.717, 1.165) is 30.8 Å². The molecule has 1 saturated heterocycles. The third-order valence-corrected chi connectivity index (χ3v) is 4.23. The number of carbonyl (C=O) groups is 2. The molecule has 5 nitrogen and oxygen atoms in total. The summed E-state index contributed by atoms with van der Waals surface area (Å²) in [5.74, 6) is -0.303. The number of nitrogens with two attached hydrogens (primary N) is 1. The van der Waals surface area contributed by atoms with Gasteiger partial charge in [-0.3, -0.25) is 9.59 Å². The van der Waals surface area contributed by atoms with Gasteiger partial charge in [-0.05, 0) is 31.5 Å². The lowest BCUT2D eigenvalue weighted by Crippen LogP contribution is -2.45. The highest BCUT2D eigenvalue weighted by atomic mass is 35.5. The number of rotatable bonds is 5. The Morgan fingerprint density at radius 3 is 2.81 bits per heavy atom. The van der Waals surface area contributed by atoms with Crippen molar-refractivity contribution in [1.82, 2.24) is 10.6 Å². The van der Waals surface area contributed by atoms with Gasteiger partial charge in [-0.15, -0.1) is 24.2 Å². The molecule has 1 aromatic rings. The number of piperidine rings is 1. The van der Waals surface area contributed by atoms with E-state index in [9.17, 15) is 9.59 Å². The molecule has 1 unspecified atom stereocenters. The summed E-state index contributed by atoms with van der Waals surface area (Å²) < 4.78 is 0. The second kappa shape index (κ2) is 8.92. The van der Waals surface area contributed by atoms with E-state index in [2.05, 4.69) is 10.6 Å². The van der Waals surface area contributed by atoms with Crippen LogP contribution in [0.4, 0.5) is 0 Å². The molecule has 2 amide bonds. The summed E-state index contributed by atoms with van der Waals surface area (Å²) in [5, 5.41) is 6.30. The van der Waals surface area contributed by atoms with Crippen LogP contribution in [-0.4, -0.2) is 36.7 Å². The largest absolute Gasteiger partial charge is 0.369 e. The average molecular weight is 330 g/mol. The molecule has 1 atom stereocenters. The average Bonchev–Trinajstić information content (AvgIpc) is 2.46. The molecule has 1 heterocycles. The van der Waals surface area contributed by atoms with Gasteiger partial charge in [0.2, 0.25) is 5.91 Å². The highest BCUT2D eigenvalue weighted by Crippen LogP contribution is 2.22. The van der Waals surface area contributed by atoms with Crippen molar-refractivity contribution in [3.8, 4) is 0 Å². The van der Waals surface area contributed by atoms with Gasteiger partial charge in [-0.2, -0.15) is 0 Å². The highest BCUT2D eigenvalue weighted by Gasteiger charge is 2.18. The molecule has 0 spiro atoms. The minimum Gasteiger partial charge on any atom is -0.369 e. The van der Waals surface area contributed by atoms with Gasteiger partial charge in [-0.1, -0.05) is 12.1 Å². The number of benzene rings is 1. The lowest BCUT2D eigenvalue weighted by Gasteiger charge is -2.24. The first-order valence-corrected chi connectivity index (χ1v) is 7.67. The predicted octanol–water partition coefficient (Wildman–Crippen LogP) is 1.17. The molecular formula is C14H20ClN3O2S. The molecule has 1 aliphatic rings. The Bertz CT molecular complexity index is 493. The zero-order chi connectivity index (χ0) is 14.4. The maximum Gasteiger partial charge on any atom is 0.252 e. The molecule has 0 bridgehead atoms. The van der Waals surface area contributed by atoms with Crippen LogP contribution in [0.1, 0.15) is 23.2 Å². The molecule has 1 fully saturated rings. The number of amides is 2. The topological polar surface area (TPSA) is 84.2 Å². The molecular weight excluding hydrogens is 310 g/mol. The fourth-order valence-corrected chi connectivity index (χ4v) is 2.96. The van der Waals surface area contributed by atoms with Crippen LogP contribution in [-0.2, 0) is 4.79 Å². The lowest BCUT2D eigenvalue weighted by atomic mass is 10.1. The third kappa shape index (κ3) is 5.57. The van der Waals surface area contributed by atoms with E-state index < -0.39 is 0 Å². The predicted molar refractivity (Wildman–Crippen MR) is 87.0 cm³/mol. The Kier molecular flexibility index (Phi) is 7.56. The van der Waals surface area contributed by atoms with Crippen LogP contribution in [0.25, 0.3) is 0 Å². The molecule has 0 aliphatic carbocycles. The van der Waals surface area contributed by atoms with Gasteiger partial charge in [0.15, 0.2) is 0 Å². The second-order valence-corrected chi connectivity index (χ2v) is 5.79. The molecule has 116 valence electrons. The monoisotopic (exact) mass is 329 g/mol. The van der Waals surface area contributed by atoms with Crippen LogP contribution in [0.5, 0.6) is 0 Å². The molecule has 4 N–H and O–H groups in total. The summed E-state index contributed by atoms with van der Waals surface area (Å²) in [5.41, 5.74) is 5.75. The van der Waals surface area contributed by atoms with Crippen molar-refractivity contribution in [3.05, 3.63) is 29.8 Å². The SMILES string of the molecule is Cl.NC(=O)CSc1ccccc1C(=O)NC1CCCNC1. The van der Waals surface area contributed by atoms with E-state index in [-0.39, 0.29) is 36.0 Å². The Morgan fingerprint density at radius 2 is 2.14 bits per heavy atom. The van der Waals surface area contributed by atoms with Crippen molar-refractivity contribution in [1.29, 1.82) is 0 Å². The first-order chi connectivity index (χ1) is 9.66. The molecule has 0 saturated carbocycles. The number of carbonyl (C=O) groups excluding carboxylic acids is 2. The van der Waals surface area contributed by atoms with Crippen LogP contribution in [0.3, 0.4) is 0 Å². The molecule has 1 aromatic carbocycles. The summed E-state index contributed by atoms with van der Waals surface area (Å²) in [4.78, 5) is 24.0. The van der Waals surface area contributed by atoms with Gasteiger partial charge in [0.1, 0.15) is 0 Å².